The van der Waals surface area contributed by atoms with Crippen LogP contribution in [0.2, 0.25) is 0 Å². The van der Waals surface area contributed by atoms with Crippen LogP contribution in [-0.4, -0.2) is 6.61 Å². The van der Waals surface area contributed by atoms with Crippen LogP contribution in [0, 0.1) is 0 Å². The van der Waals surface area contributed by atoms with Gasteiger partial charge in [-0.15, -0.1) is 22.9 Å². The summed E-state index contributed by atoms with van der Waals surface area (Å²) in [6.07, 6.45) is 0. The molecule has 0 aliphatic heterocycles. The van der Waals surface area contributed by atoms with Crippen LogP contribution < -0.4 is 4.74 Å². The Morgan fingerprint density at radius 2 is 2.06 bits per heavy atom. The van der Waals surface area contributed by atoms with Crippen LogP contribution in [0.1, 0.15) is 22.7 Å². The first-order valence-corrected chi connectivity index (χ1v) is 6.53. The van der Waals surface area contributed by atoms with Crippen LogP contribution in [0.3, 0.4) is 0 Å². The van der Waals surface area contributed by atoms with Crippen LogP contribution in [0.5, 0.6) is 5.75 Å². The van der Waals surface area contributed by atoms with E-state index in [9.17, 15) is 0 Å². The Morgan fingerprint density at radius 3 is 2.75 bits per heavy atom. The molecule has 16 heavy (non-hydrogen) atoms. The minimum atomic E-state index is -0.122. The molecule has 1 aromatic carbocycles. The third-order valence-corrected chi connectivity index (χ3v) is 3.82. The Hall–Kier alpha value is -0.990. The first-order chi connectivity index (χ1) is 7.83. The molecule has 2 rings (SSSR count). The number of benzene rings is 1. The molecular formula is C13H13ClOS. The van der Waals surface area contributed by atoms with E-state index in [1.54, 1.807) is 11.3 Å². The average Bonchev–Trinajstić information content (AvgIpc) is 2.83. The van der Waals surface area contributed by atoms with Crippen molar-refractivity contribution in [2.24, 2.45) is 0 Å². The first kappa shape index (κ1) is 11.5. The Balaban J connectivity index is 2.32. The van der Waals surface area contributed by atoms with Gasteiger partial charge in [0.2, 0.25) is 0 Å². The van der Waals surface area contributed by atoms with Crippen molar-refractivity contribution in [3.05, 3.63) is 52.2 Å². The van der Waals surface area contributed by atoms with Gasteiger partial charge in [-0.3, -0.25) is 0 Å². The van der Waals surface area contributed by atoms with Crippen LogP contribution in [0.15, 0.2) is 41.8 Å². The predicted octanol–water partition coefficient (Wildman–Crippen LogP) is 4.48. The number of thiophene rings is 1. The van der Waals surface area contributed by atoms with E-state index in [2.05, 4.69) is 0 Å². The van der Waals surface area contributed by atoms with Crippen molar-refractivity contribution in [3.8, 4) is 5.75 Å². The molecule has 84 valence electrons. The largest absolute Gasteiger partial charge is 0.494 e. The molecule has 0 bridgehead atoms. The zero-order chi connectivity index (χ0) is 11.4. The summed E-state index contributed by atoms with van der Waals surface area (Å²) in [6.45, 7) is 2.64. The molecule has 0 aliphatic rings. The van der Waals surface area contributed by atoms with Gasteiger partial charge in [-0.25, -0.2) is 0 Å². The summed E-state index contributed by atoms with van der Waals surface area (Å²) in [4.78, 5) is 1.15. The van der Waals surface area contributed by atoms with E-state index in [0.29, 0.717) is 6.61 Å². The van der Waals surface area contributed by atoms with Gasteiger partial charge in [-0.05, 0) is 24.4 Å². The summed E-state index contributed by atoms with van der Waals surface area (Å²) in [5.41, 5.74) is 1.04. The number of rotatable bonds is 4. The topological polar surface area (TPSA) is 9.23 Å². The molecule has 1 aromatic heterocycles. The molecule has 2 aromatic rings. The summed E-state index contributed by atoms with van der Waals surface area (Å²) in [7, 11) is 0. The van der Waals surface area contributed by atoms with Gasteiger partial charge in [0.05, 0.1) is 12.0 Å². The molecule has 0 spiro atoms. The molecule has 0 radical (unpaired) electrons. The SMILES string of the molecule is CCOc1ccccc1C(Cl)c1cccs1. The van der Waals surface area contributed by atoms with Crippen molar-refractivity contribution >= 4 is 22.9 Å². The maximum Gasteiger partial charge on any atom is 0.124 e. The number of ether oxygens (including phenoxy) is 1. The smallest absolute Gasteiger partial charge is 0.124 e. The molecule has 0 N–H and O–H groups in total. The number of alkyl halides is 1. The van der Waals surface area contributed by atoms with Gasteiger partial charge < -0.3 is 4.74 Å². The summed E-state index contributed by atoms with van der Waals surface area (Å²) in [6, 6.07) is 12.0. The van der Waals surface area contributed by atoms with Crippen LogP contribution in [0.25, 0.3) is 0 Å². The fourth-order valence-corrected chi connectivity index (χ4v) is 2.69. The predicted molar refractivity (Wildman–Crippen MR) is 69.6 cm³/mol. The molecule has 1 unspecified atom stereocenters. The minimum Gasteiger partial charge on any atom is -0.494 e. The molecular weight excluding hydrogens is 240 g/mol. The van der Waals surface area contributed by atoms with Crippen LogP contribution in [-0.2, 0) is 0 Å². The van der Waals surface area contributed by atoms with E-state index >= 15 is 0 Å². The highest BCUT2D eigenvalue weighted by atomic mass is 35.5. The molecule has 0 saturated heterocycles. The Morgan fingerprint density at radius 1 is 1.25 bits per heavy atom. The van der Waals surface area contributed by atoms with Gasteiger partial charge in [-0.1, -0.05) is 24.3 Å². The maximum atomic E-state index is 6.44. The molecule has 1 nitrogen and oxygen atoms in total. The maximum absolute atomic E-state index is 6.44. The third kappa shape index (κ3) is 2.39. The van der Waals surface area contributed by atoms with E-state index in [0.717, 1.165) is 16.2 Å². The second kappa shape index (κ2) is 5.37. The molecule has 0 aliphatic carbocycles. The van der Waals surface area contributed by atoms with E-state index in [-0.39, 0.29) is 5.38 Å². The molecule has 0 amide bonds. The average molecular weight is 253 g/mol. The zero-order valence-corrected chi connectivity index (χ0v) is 10.6. The third-order valence-electron chi connectivity index (χ3n) is 2.28. The lowest BCUT2D eigenvalue weighted by Crippen LogP contribution is -1.98. The van der Waals surface area contributed by atoms with Gasteiger partial charge in [0.15, 0.2) is 0 Å². The Bertz CT molecular complexity index is 439. The summed E-state index contributed by atoms with van der Waals surface area (Å²) < 4.78 is 5.58. The lowest BCUT2D eigenvalue weighted by molar-refractivity contribution is 0.337. The normalized spacial score (nSPS) is 12.4. The number of para-hydroxylation sites is 1. The Kier molecular flexibility index (Phi) is 3.86. The van der Waals surface area contributed by atoms with Gasteiger partial charge in [0.25, 0.3) is 0 Å². The molecule has 1 heterocycles. The highest BCUT2D eigenvalue weighted by molar-refractivity contribution is 7.10. The second-order valence-corrected chi connectivity index (χ2v) is 4.76. The number of hydrogen-bond donors (Lipinski definition) is 0. The van der Waals surface area contributed by atoms with E-state index in [1.807, 2.05) is 48.7 Å². The van der Waals surface area contributed by atoms with Gasteiger partial charge in [0.1, 0.15) is 5.75 Å². The standard InChI is InChI=1S/C13H13ClOS/c1-2-15-11-7-4-3-6-10(11)13(14)12-8-5-9-16-12/h3-9,13H,2H2,1H3. The molecule has 0 saturated carbocycles. The lowest BCUT2D eigenvalue weighted by Gasteiger charge is -2.13. The van der Waals surface area contributed by atoms with Crippen molar-refractivity contribution in [1.29, 1.82) is 0 Å². The van der Waals surface area contributed by atoms with E-state index < -0.39 is 0 Å². The summed E-state index contributed by atoms with van der Waals surface area (Å²) in [5, 5.41) is 1.91. The fourth-order valence-electron chi connectivity index (χ4n) is 1.57. The quantitative estimate of drug-likeness (QED) is 0.730. The molecule has 3 heteroatoms. The van der Waals surface area contributed by atoms with Crippen molar-refractivity contribution in [2.45, 2.75) is 12.3 Å². The van der Waals surface area contributed by atoms with Crippen molar-refractivity contribution in [3.63, 3.8) is 0 Å². The van der Waals surface area contributed by atoms with Gasteiger partial charge >= 0.3 is 0 Å². The van der Waals surface area contributed by atoms with Crippen molar-refractivity contribution in [2.75, 3.05) is 6.61 Å². The fraction of sp³-hybridized carbons (Fsp3) is 0.231. The highest BCUT2D eigenvalue weighted by Crippen LogP contribution is 2.36. The summed E-state index contributed by atoms with van der Waals surface area (Å²) in [5.74, 6) is 0.874. The van der Waals surface area contributed by atoms with Crippen LogP contribution >= 0.6 is 22.9 Å². The summed E-state index contributed by atoms with van der Waals surface area (Å²) >= 11 is 8.11. The first-order valence-electron chi connectivity index (χ1n) is 5.22. The van der Waals surface area contributed by atoms with Crippen molar-refractivity contribution < 1.29 is 4.74 Å². The van der Waals surface area contributed by atoms with Gasteiger partial charge in [-0.2, -0.15) is 0 Å². The van der Waals surface area contributed by atoms with E-state index in [4.69, 9.17) is 16.3 Å². The molecule has 1 atom stereocenters. The van der Waals surface area contributed by atoms with Crippen LogP contribution in [0.4, 0.5) is 0 Å². The van der Waals surface area contributed by atoms with E-state index in [1.165, 1.54) is 0 Å². The minimum absolute atomic E-state index is 0.122. The van der Waals surface area contributed by atoms with Crippen molar-refractivity contribution in [1.82, 2.24) is 0 Å². The van der Waals surface area contributed by atoms with Gasteiger partial charge in [0, 0.05) is 10.4 Å². The highest BCUT2D eigenvalue weighted by Gasteiger charge is 2.15. The number of halogens is 1. The Labute approximate surface area is 105 Å². The number of hydrogen-bond acceptors (Lipinski definition) is 2. The second-order valence-electron chi connectivity index (χ2n) is 3.35. The zero-order valence-electron chi connectivity index (χ0n) is 9.02. The monoisotopic (exact) mass is 252 g/mol. The molecule has 0 fully saturated rings. The lowest BCUT2D eigenvalue weighted by atomic mass is 10.1.